The Morgan fingerprint density at radius 2 is 1.96 bits per heavy atom. The molecule has 0 radical (unpaired) electrons. The molecule has 0 bridgehead atoms. The second-order valence-corrected chi connectivity index (χ2v) is 5.37. The summed E-state index contributed by atoms with van der Waals surface area (Å²) in [5.74, 6) is -0.626. The topological polar surface area (TPSA) is 55.4 Å². The van der Waals surface area contributed by atoms with Crippen molar-refractivity contribution in [1.82, 2.24) is 5.32 Å². The molecule has 0 aliphatic carbocycles. The fourth-order valence-electron chi connectivity index (χ4n) is 2.46. The number of nitrogens with one attached hydrogen (secondary N) is 1. The summed E-state index contributed by atoms with van der Waals surface area (Å²) in [6, 6.07) is 13.3. The monoisotopic (exact) mass is 311 g/mol. The molecule has 0 fully saturated rings. The molecule has 0 aliphatic heterocycles. The van der Waals surface area contributed by atoms with Gasteiger partial charge in [0, 0.05) is 0 Å². The van der Waals surface area contributed by atoms with Crippen LogP contribution in [0.25, 0.3) is 10.8 Å². The first-order valence-electron chi connectivity index (χ1n) is 7.60. The normalized spacial score (nSPS) is 11.7. The maximum Gasteiger partial charge on any atom is 0.328 e. The first-order chi connectivity index (χ1) is 11.1. The van der Waals surface area contributed by atoms with Gasteiger partial charge in [0.1, 0.15) is 6.04 Å². The van der Waals surface area contributed by atoms with Gasteiger partial charge in [0.05, 0.1) is 13.5 Å². The molecule has 2 aromatic carbocycles. The molecule has 4 nitrogen and oxygen atoms in total. The molecule has 0 unspecified atom stereocenters. The van der Waals surface area contributed by atoms with E-state index in [2.05, 4.69) is 11.9 Å². The highest BCUT2D eigenvalue weighted by molar-refractivity contribution is 5.87. The number of fused-ring (bicyclic) bond motifs is 1. The standard InChI is InChI=1S/C19H21NO3/c1-3-4-9-17(19(22)23-2)20-18(21)13-14-10-11-15-7-5-6-8-16(15)12-14/h3,5-8,10-12,17H,1,4,9,13H2,2H3,(H,20,21)/t17-/m1/s1. The van der Waals surface area contributed by atoms with Gasteiger partial charge in [0.25, 0.3) is 0 Å². The molecule has 2 aromatic rings. The van der Waals surface area contributed by atoms with Gasteiger partial charge in [-0.1, -0.05) is 48.5 Å². The lowest BCUT2D eigenvalue weighted by atomic mass is 10.0. The molecule has 0 aliphatic rings. The van der Waals surface area contributed by atoms with Gasteiger partial charge in [-0.3, -0.25) is 4.79 Å². The number of carbonyl (C=O) groups excluding carboxylic acids is 2. The molecule has 0 aromatic heterocycles. The highest BCUT2D eigenvalue weighted by Gasteiger charge is 2.20. The predicted molar refractivity (Wildman–Crippen MR) is 91.0 cm³/mol. The van der Waals surface area contributed by atoms with Crippen molar-refractivity contribution < 1.29 is 14.3 Å². The van der Waals surface area contributed by atoms with Crippen LogP contribution in [0.15, 0.2) is 55.1 Å². The zero-order valence-electron chi connectivity index (χ0n) is 13.2. The Morgan fingerprint density at radius 3 is 2.65 bits per heavy atom. The van der Waals surface area contributed by atoms with Crippen LogP contribution in [0.5, 0.6) is 0 Å². The van der Waals surface area contributed by atoms with Crippen LogP contribution in [-0.4, -0.2) is 25.0 Å². The van der Waals surface area contributed by atoms with E-state index in [1.807, 2.05) is 42.5 Å². The zero-order chi connectivity index (χ0) is 16.7. The van der Waals surface area contributed by atoms with Gasteiger partial charge in [0.2, 0.25) is 5.91 Å². The van der Waals surface area contributed by atoms with E-state index < -0.39 is 12.0 Å². The summed E-state index contributed by atoms with van der Waals surface area (Å²) in [5.41, 5.74) is 0.911. The van der Waals surface area contributed by atoms with Gasteiger partial charge in [-0.25, -0.2) is 4.79 Å². The molecule has 1 amide bonds. The molecule has 2 rings (SSSR count). The number of methoxy groups -OCH3 is 1. The van der Waals surface area contributed by atoms with Crippen molar-refractivity contribution in [3.8, 4) is 0 Å². The molecule has 1 N–H and O–H groups in total. The number of rotatable bonds is 7. The Bertz CT molecular complexity index is 709. The fourth-order valence-corrected chi connectivity index (χ4v) is 2.46. The summed E-state index contributed by atoms with van der Waals surface area (Å²) < 4.78 is 4.73. The number of benzene rings is 2. The smallest absolute Gasteiger partial charge is 0.328 e. The lowest BCUT2D eigenvalue weighted by molar-refractivity contribution is -0.145. The van der Waals surface area contributed by atoms with E-state index in [1.165, 1.54) is 7.11 Å². The van der Waals surface area contributed by atoms with E-state index in [-0.39, 0.29) is 12.3 Å². The van der Waals surface area contributed by atoms with Crippen LogP contribution in [0, 0.1) is 0 Å². The molecule has 0 spiro atoms. The van der Waals surface area contributed by atoms with E-state index in [4.69, 9.17) is 4.74 Å². The largest absolute Gasteiger partial charge is 0.467 e. The first-order valence-corrected chi connectivity index (χ1v) is 7.60. The lowest BCUT2D eigenvalue weighted by Gasteiger charge is -2.15. The van der Waals surface area contributed by atoms with Gasteiger partial charge in [-0.2, -0.15) is 0 Å². The van der Waals surface area contributed by atoms with Gasteiger partial charge < -0.3 is 10.1 Å². The van der Waals surface area contributed by atoms with Crippen LogP contribution in [0.2, 0.25) is 0 Å². The van der Waals surface area contributed by atoms with Crippen molar-refractivity contribution in [2.75, 3.05) is 7.11 Å². The number of hydrogen-bond donors (Lipinski definition) is 1. The van der Waals surface area contributed by atoms with E-state index in [9.17, 15) is 9.59 Å². The minimum atomic E-state index is -0.633. The number of amides is 1. The molecular formula is C19H21NO3. The Kier molecular flexibility index (Phi) is 5.92. The van der Waals surface area contributed by atoms with Crippen molar-refractivity contribution in [2.45, 2.75) is 25.3 Å². The number of ether oxygens (including phenoxy) is 1. The lowest BCUT2D eigenvalue weighted by Crippen LogP contribution is -2.42. The van der Waals surface area contributed by atoms with E-state index >= 15 is 0 Å². The zero-order valence-corrected chi connectivity index (χ0v) is 13.2. The van der Waals surface area contributed by atoms with Crippen molar-refractivity contribution in [1.29, 1.82) is 0 Å². The maximum absolute atomic E-state index is 12.2. The van der Waals surface area contributed by atoms with Crippen LogP contribution < -0.4 is 5.32 Å². The SMILES string of the molecule is C=CCC[C@@H](NC(=O)Cc1ccc2ccccc2c1)C(=O)OC. The Morgan fingerprint density at radius 1 is 1.22 bits per heavy atom. The van der Waals surface area contributed by atoms with Crippen LogP contribution >= 0.6 is 0 Å². The van der Waals surface area contributed by atoms with Crippen LogP contribution in [0.3, 0.4) is 0 Å². The fraction of sp³-hybridized carbons (Fsp3) is 0.263. The van der Waals surface area contributed by atoms with Gasteiger partial charge in [-0.15, -0.1) is 6.58 Å². The summed E-state index contributed by atoms with van der Waals surface area (Å²) in [6.07, 6.45) is 3.06. The minimum absolute atomic E-state index is 0.195. The summed E-state index contributed by atoms with van der Waals surface area (Å²) in [5, 5.41) is 4.96. The third kappa shape index (κ3) is 4.68. The number of hydrogen-bond acceptors (Lipinski definition) is 3. The Labute approximate surface area is 136 Å². The Hall–Kier alpha value is -2.62. The number of allylic oxidation sites excluding steroid dienone is 1. The van der Waals surface area contributed by atoms with Crippen molar-refractivity contribution in [3.05, 3.63) is 60.7 Å². The second kappa shape index (κ2) is 8.13. The molecule has 0 heterocycles. The quantitative estimate of drug-likeness (QED) is 0.632. The van der Waals surface area contributed by atoms with Gasteiger partial charge in [0.15, 0.2) is 0 Å². The predicted octanol–water partition coefficient (Wildman–Crippen LogP) is 3.01. The van der Waals surface area contributed by atoms with E-state index in [1.54, 1.807) is 6.08 Å². The summed E-state index contributed by atoms with van der Waals surface area (Å²) >= 11 is 0. The van der Waals surface area contributed by atoms with E-state index in [0.29, 0.717) is 12.8 Å². The molecular weight excluding hydrogens is 290 g/mol. The summed E-state index contributed by atoms with van der Waals surface area (Å²) in [7, 11) is 1.32. The van der Waals surface area contributed by atoms with Gasteiger partial charge >= 0.3 is 5.97 Å². The molecule has 0 saturated heterocycles. The minimum Gasteiger partial charge on any atom is -0.467 e. The van der Waals surface area contributed by atoms with Crippen LogP contribution in [0.1, 0.15) is 18.4 Å². The highest BCUT2D eigenvalue weighted by atomic mass is 16.5. The molecule has 4 heteroatoms. The molecule has 23 heavy (non-hydrogen) atoms. The average Bonchev–Trinajstić information content (AvgIpc) is 2.57. The van der Waals surface area contributed by atoms with Crippen molar-refractivity contribution in [2.24, 2.45) is 0 Å². The van der Waals surface area contributed by atoms with Crippen LogP contribution in [-0.2, 0) is 20.7 Å². The van der Waals surface area contributed by atoms with Gasteiger partial charge in [-0.05, 0) is 29.2 Å². The highest BCUT2D eigenvalue weighted by Crippen LogP contribution is 2.16. The Balaban J connectivity index is 2.03. The number of carbonyl (C=O) groups is 2. The maximum atomic E-state index is 12.2. The second-order valence-electron chi connectivity index (χ2n) is 5.37. The van der Waals surface area contributed by atoms with E-state index in [0.717, 1.165) is 16.3 Å². The molecule has 0 saturated carbocycles. The summed E-state index contributed by atoms with van der Waals surface area (Å²) in [6.45, 7) is 3.63. The average molecular weight is 311 g/mol. The van der Waals surface area contributed by atoms with Crippen molar-refractivity contribution in [3.63, 3.8) is 0 Å². The van der Waals surface area contributed by atoms with Crippen LogP contribution in [0.4, 0.5) is 0 Å². The third-order valence-electron chi connectivity index (χ3n) is 3.66. The summed E-state index contributed by atoms with van der Waals surface area (Å²) in [4.78, 5) is 23.9. The third-order valence-corrected chi connectivity index (χ3v) is 3.66. The molecule has 120 valence electrons. The first kappa shape index (κ1) is 16.7. The number of esters is 1. The molecule has 1 atom stereocenters. The van der Waals surface area contributed by atoms with Crippen molar-refractivity contribution >= 4 is 22.6 Å².